The van der Waals surface area contributed by atoms with Gasteiger partial charge in [-0.1, -0.05) is 29.5 Å². The number of carbonyl (C=O) groups is 1. The predicted octanol–water partition coefficient (Wildman–Crippen LogP) is 3.79. The normalized spacial score (nSPS) is 15.5. The molecular weight excluding hydrogens is 458 g/mol. The monoisotopic (exact) mass is 485 g/mol. The van der Waals surface area contributed by atoms with Gasteiger partial charge in [-0.3, -0.25) is 9.36 Å². The van der Waals surface area contributed by atoms with E-state index in [-0.39, 0.29) is 10.8 Å². The fourth-order valence-corrected chi connectivity index (χ4v) is 6.08. The Morgan fingerprint density at radius 3 is 2.27 bits per heavy atom. The molecule has 2 heterocycles. The van der Waals surface area contributed by atoms with Gasteiger partial charge in [0.15, 0.2) is 5.16 Å². The molecule has 1 saturated heterocycles. The van der Waals surface area contributed by atoms with Gasteiger partial charge in [0.1, 0.15) is 5.82 Å². The van der Waals surface area contributed by atoms with Crippen molar-refractivity contribution >= 4 is 33.4 Å². The van der Waals surface area contributed by atoms with Gasteiger partial charge in [-0.2, -0.15) is 4.31 Å². The Labute approximate surface area is 198 Å². The van der Waals surface area contributed by atoms with E-state index in [1.54, 1.807) is 31.2 Å². The van der Waals surface area contributed by atoms with E-state index < -0.39 is 15.3 Å². The first kappa shape index (κ1) is 23.5. The molecule has 1 amide bonds. The summed E-state index contributed by atoms with van der Waals surface area (Å²) in [6.07, 6.45) is 1.78. The largest absolute Gasteiger partial charge is 0.325 e. The fraction of sp³-hybridized carbons (Fsp3) is 0.348. The predicted molar refractivity (Wildman–Crippen MR) is 129 cm³/mol. The molecule has 1 aliphatic heterocycles. The van der Waals surface area contributed by atoms with Crippen LogP contribution in [-0.4, -0.2) is 51.7 Å². The number of rotatable bonds is 7. The molecule has 0 saturated carbocycles. The zero-order valence-electron chi connectivity index (χ0n) is 18.9. The summed E-state index contributed by atoms with van der Waals surface area (Å²) in [6.45, 7) is 6.82. The maximum absolute atomic E-state index is 12.8. The number of aryl methyl sites for hydroxylation is 2. The number of aromatic nitrogens is 3. The smallest absolute Gasteiger partial charge is 0.243 e. The molecule has 10 heteroatoms. The second-order valence-electron chi connectivity index (χ2n) is 8.09. The summed E-state index contributed by atoms with van der Waals surface area (Å²) in [5.74, 6) is 0.537. The van der Waals surface area contributed by atoms with Crippen LogP contribution in [0.2, 0.25) is 0 Å². The summed E-state index contributed by atoms with van der Waals surface area (Å²) in [5, 5.41) is 11.5. The summed E-state index contributed by atoms with van der Waals surface area (Å²) in [6, 6.07) is 14.4. The average molecular weight is 486 g/mol. The first-order valence-electron chi connectivity index (χ1n) is 10.8. The minimum absolute atomic E-state index is 0.203. The van der Waals surface area contributed by atoms with Crippen LogP contribution in [0.5, 0.6) is 0 Å². The molecule has 33 heavy (non-hydrogen) atoms. The second-order valence-corrected chi connectivity index (χ2v) is 11.3. The average Bonchev–Trinajstić information content (AvgIpc) is 3.46. The van der Waals surface area contributed by atoms with Crippen LogP contribution in [0, 0.1) is 13.8 Å². The van der Waals surface area contributed by atoms with Crippen molar-refractivity contribution in [2.45, 2.75) is 48.9 Å². The van der Waals surface area contributed by atoms with Gasteiger partial charge in [0.2, 0.25) is 15.9 Å². The minimum atomic E-state index is -3.47. The van der Waals surface area contributed by atoms with Gasteiger partial charge in [-0.25, -0.2) is 8.42 Å². The molecular formula is C23H27N5O3S2. The molecule has 174 valence electrons. The van der Waals surface area contributed by atoms with Crippen molar-refractivity contribution in [2.24, 2.45) is 0 Å². The van der Waals surface area contributed by atoms with Crippen LogP contribution in [-0.2, 0) is 14.8 Å². The highest BCUT2D eigenvalue weighted by molar-refractivity contribution is 8.00. The number of thioether (sulfide) groups is 1. The highest BCUT2D eigenvalue weighted by Gasteiger charge is 2.27. The van der Waals surface area contributed by atoms with Gasteiger partial charge in [0.25, 0.3) is 0 Å². The Balaban J connectivity index is 1.43. The lowest BCUT2D eigenvalue weighted by Crippen LogP contribution is -2.27. The summed E-state index contributed by atoms with van der Waals surface area (Å²) in [4.78, 5) is 13.0. The SMILES string of the molecule is Cc1ccc(-n2c(C)nnc2S[C@H](C)C(=O)Nc2ccc(S(=O)(=O)N3CCCC3)cc2)cc1. The van der Waals surface area contributed by atoms with Crippen LogP contribution in [0.1, 0.15) is 31.2 Å². The standard InChI is InChI=1S/C23H27N5O3S2/c1-16-6-10-20(11-7-16)28-18(3)25-26-23(28)32-17(2)22(29)24-19-8-12-21(13-9-19)33(30,31)27-14-4-5-15-27/h6-13,17H,4-5,14-15H2,1-3H3,(H,24,29)/t17-/m1/s1. The van der Waals surface area contributed by atoms with Crippen LogP contribution in [0.3, 0.4) is 0 Å². The summed E-state index contributed by atoms with van der Waals surface area (Å²) in [5.41, 5.74) is 2.64. The molecule has 1 fully saturated rings. The molecule has 4 rings (SSSR count). The number of amides is 1. The van der Waals surface area contributed by atoms with Gasteiger partial charge in [-0.15, -0.1) is 10.2 Å². The first-order valence-corrected chi connectivity index (χ1v) is 13.1. The highest BCUT2D eigenvalue weighted by atomic mass is 32.2. The summed E-state index contributed by atoms with van der Waals surface area (Å²) in [7, 11) is -3.47. The van der Waals surface area contributed by atoms with Gasteiger partial charge in [0, 0.05) is 24.5 Å². The van der Waals surface area contributed by atoms with Gasteiger partial charge in [0.05, 0.1) is 10.1 Å². The summed E-state index contributed by atoms with van der Waals surface area (Å²) >= 11 is 1.32. The Morgan fingerprint density at radius 1 is 1.00 bits per heavy atom. The van der Waals surface area contributed by atoms with Crippen molar-refractivity contribution in [1.82, 2.24) is 19.1 Å². The number of anilines is 1. The van der Waals surface area contributed by atoms with E-state index in [1.165, 1.54) is 16.1 Å². The Morgan fingerprint density at radius 2 is 1.64 bits per heavy atom. The lowest BCUT2D eigenvalue weighted by atomic mass is 10.2. The maximum atomic E-state index is 12.8. The number of carbonyl (C=O) groups excluding carboxylic acids is 1. The van der Waals surface area contributed by atoms with Crippen molar-refractivity contribution in [3.05, 3.63) is 59.9 Å². The van der Waals surface area contributed by atoms with E-state index in [0.717, 1.165) is 29.9 Å². The fourth-order valence-electron chi connectivity index (χ4n) is 3.65. The van der Waals surface area contributed by atoms with E-state index in [4.69, 9.17) is 0 Å². The van der Waals surface area contributed by atoms with E-state index >= 15 is 0 Å². The van der Waals surface area contributed by atoms with E-state index in [2.05, 4.69) is 15.5 Å². The number of nitrogens with zero attached hydrogens (tertiary/aromatic N) is 4. The molecule has 1 atom stereocenters. The molecule has 3 aromatic rings. The minimum Gasteiger partial charge on any atom is -0.325 e. The topological polar surface area (TPSA) is 97.2 Å². The molecule has 0 aliphatic carbocycles. The molecule has 1 aliphatic rings. The van der Waals surface area contributed by atoms with Gasteiger partial charge >= 0.3 is 0 Å². The van der Waals surface area contributed by atoms with E-state index in [0.29, 0.717) is 23.9 Å². The van der Waals surface area contributed by atoms with Gasteiger partial charge in [-0.05, 0) is 70.0 Å². The van der Waals surface area contributed by atoms with Crippen molar-refractivity contribution in [3.8, 4) is 5.69 Å². The van der Waals surface area contributed by atoms with Crippen LogP contribution in [0.4, 0.5) is 5.69 Å². The zero-order chi connectivity index (χ0) is 23.6. The third-order valence-corrected chi connectivity index (χ3v) is 8.52. The number of sulfonamides is 1. The lowest BCUT2D eigenvalue weighted by molar-refractivity contribution is -0.115. The van der Waals surface area contributed by atoms with Crippen LogP contribution >= 0.6 is 11.8 Å². The van der Waals surface area contributed by atoms with E-state index in [9.17, 15) is 13.2 Å². The molecule has 0 spiro atoms. The molecule has 8 nitrogen and oxygen atoms in total. The van der Waals surface area contributed by atoms with Crippen LogP contribution in [0.15, 0.2) is 58.6 Å². The van der Waals surface area contributed by atoms with Crippen LogP contribution in [0.25, 0.3) is 5.69 Å². The molecule has 0 radical (unpaired) electrons. The quantitative estimate of drug-likeness (QED) is 0.512. The second kappa shape index (κ2) is 9.66. The third-order valence-electron chi connectivity index (χ3n) is 5.56. The molecule has 1 N–H and O–H groups in total. The number of benzene rings is 2. The number of hydrogen-bond donors (Lipinski definition) is 1. The van der Waals surface area contributed by atoms with Crippen molar-refractivity contribution in [3.63, 3.8) is 0 Å². The van der Waals surface area contributed by atoms with E-state index in [1.807, 2.05) is 42.7 Å². The summed E-state index contributed by atoms with van der Waals surface area (Å²) < 4.78 is 28.8. The third kappa shape index (κ3) is 5.13. The Bertz CT molecular complexity index is 1230. The van der Waals surface area contributed by atoms with Crippen molar-refractivity contribution < 1.29 is 13.2 Å². The molecule has 2 aromatic carbocycles. The number of nitrogens with one attached hydrogen (secondary N) is 1. The molecule has 0 unspecified atom stereocenters. The molecule has 0 bridgehead atoms. The Kier molecular flexibility index (Phi) is 6.87. The number of hydrogen-bond acceptors (Lipinski definition) is 6. The van der Waals surface area contributed by atoms with Gasteiger partial charge < -0.3 is 5.32 Å². The van der Waals surface area contributed by atoms with Crippen molar-refractivity contribution in [2.75, 3.05) is 18.4 Å². The Hall–Kier alpha value is -2.69. The van der Waals surface area contributed by atoms with Crippen molar-refractivity contribution in [1.29, 1.82) is 0 Å². The lowest BCUT2D eigenvalue weighted by Gasteiger charge is -2.16. The maximum Gasteiger partial charge on any atom is 0.243 e. The first-order chi connectivity index (χ1) is 15.8. The van der Waals surface area contributed by atoms with Crippen LogP contribution < -0.4 is 5.32 Å². The zero-order valence-corrected chi connectivity index (χ0v) is 20.5. The molecule has 1 aromatic heterocycles. The highest BCUT2D eigenvalue weighted by Crippen LogP contribution is 2.27.